The van der Waals surface area contributed by atoms with Gasteiger partial charge < -0.3 is 15.0 Å². The van der Waals surface area contributed by atoms with Crippen LogP contribution in [-0.4, -0.2) is 19.1 Å². The number of amides is 1. The molecule has 126 valence electrons. The van der Waals surface area contributed by atoms with Crippen molar-refractivity contribution in [3.63, 3.8) is 0 Å². The molecule has 0 saturated carbocycles. The first kappa shape index (κ1) is 16.7. The Bertz CT molecular complexity index is 746. The van der Waals surface area contributed by atoms with E-state index in [1.54, 1.807) is 14.0 Å². The minimum absolute atomic E-state index is 0.0500. The molecule has 1 N–H and O–H groups in total. The van der Waals surface area contributed by atoms with Crippen LogP contribution in [0.3, 0.4) is 0 Å². The second-order valence-corrected chi connectivity index (χ2v) is 6.54. The molecule has 0 bridgehead atoms. The summed E-state index contributed by atoms with van der Waals surface area (Å²) in [5.41, 5.74) is 2.98. The van der Waals surface area contributed by atoms with Gasteiger partial charge in [-0.15, -0.1) is 0 Å². The maximum Gasteiger partial charge on any atom is 0.224 e. The van der Waals surface area contributed by atoms with Gasteiger partial charge in [-0.25, -0.2) is 0 Å². The summed E-state index contributed by atoms with van der Waals surface area (Å²) in [5.74, 6) is 0.873. The predicted molar refractivity (Wildman–Crippen MR) is 98.0 cm³/mol. The monoisotopic (exact) mass is 344 g/mol. The van der Waals surface area contributed by atoms with Crippen molar-refractivity contribution in [1.29, 1.82) is 0 Å². The molecule has 0 spiro atoms. The maximum atomic E-state index is 12.1. The van der Waals surface area contributed by atoms with Crippen molar-refractivity contribution in [3.8, 4) is 5.75 Å². The lowest BCUT2D eigenvalue weighted by Crippen LogP contribution is -2.43. The maximum absolute atomic E-state index is 12.1. The zero-order valence-electron chi connectivity index (χ0n) is 14.0. The van der Waals surface area contributed by atoms with E-state index in [0.717, 1.165) is 29.1 Å². The van der Waals surface area contributed by atoms with Crippen molar-refractivity contribution in [2.24, 2.45) is 0 Å². The average Bonchev–Trinajstić information content (AvgIpc) is 2.55. The van der Waals surface area contributed by atoms with E-state index in [0.29, 0.717) is 5.02 Å². The lowest BCUT2D eigenvalue weighted by molar-refractivity contribution is -0.117. The van der Waals surface area contributed by atoms with Crippen LogP contribution in [0.15, 0.2) is 42.5 Å². The number of nitrogens with zero attached hydrogens (tertiary/aromatic N) is 1. The highest BCUT2D eigenvalue weighted by Gasteiger charge is 2.32. The topological polar surface area (TPSA) is 41.6 Å². The first-order valence-corrected chi connectivity index (χ1v) is 8.37. The highest BCUT2D eigenvalue weighted by molar-refractivity contribution is 6.30. The molecule has 24 heavy (non-hydrogen) atoms. The Morgan fingerprint density at radius 1 is 1.25 bits per heavy atom. The third-order valence-electron chi connectivity index (χ3n) is 4.41. The van der Waals surface area contributed by atoms with E-state index < -0.39 is 0 Å². The highest BCUT2D eigenvalue weighted by atomic mass is 35.5. The average molecular weight is 345 g/mol. The van der Waals surface area contributed by atoms with Gasteiger partial charge in [0.15, 0.2) is 0 Å². The van der Waals surface area contributed by atoms with Crippen LogP contribution in [0.2, 0.25) is 5.02 Å². The molecule has 5 heteroatoms. The van der Waals surface area contributed by atoms with Gasteiger partial charge in [0.05, 0.1) is 13.2 Å². The van der Waals surface area contributed by atoms with Gasteiger partial charge in [0.2, 0.25) is 5.91 Å². The molecule has 1 aliphatic heterocycles. The molecule has 2 aromatic rings. The van der Waals surface area contributed by atoms with E-state index >= 15 is 0 Å². The molecule has 0 radical (unpaired) electrons. The van der Waals surface area contributed by atoms with E-state index in [-0.39, 0.29) is 18.0 Å². The van der Waals surface area contributed by atoms with E-state index in [1.807, 2.05) is 47.4 Å². The summed E-state index contributed by atoms with van der Waals surface area (Å²) in [6, 6.07) is 13.8. The van der Waals surface area contributed by atoms with Gasteiger partial charge in [0.25, 0.3) is 0 Å². The number of halogens is 1. The van der Waals surface area contributed by atoms with Crippen molar-refractivity contribution in [2.45, 2.75) is 32.4 Å². The first-order valence-electron chi connectivity index (χ1n) is 7.99. The van der Waals surface area contributed by atoms with Crippen LogP contribution < -0.4 is 15.0 Å². The lowest BCUT2D eigenvalue weighted by Gasteiger charge is -2.39. The van der Waals surface area contributed by atoms with Gasteiger partial charge in [-0.1, -0.05) is 11.6 Å². The van der Waals surface area contributed by atoms with Crippen molar-refractivity contribution in [1.82, 2.24) is 0 Å². The van der Waals surface area contributed by atoms with E-state index in [9.17, 15) is 4.79 Å². The first-order chi connectivity index (χ1) is 11.5. The third kappa shape index (κ3) is 3.20. The summed E-state index contributed by atoms with van der Waals surface area (Å²) in [6.45, 7) is 3.67. The predicted octanol–water partition coefficient (Wildman–Crippen LogP) is 4.65. The zero-order valence-corrected chi connectivity index (χ0v) is 14.8. The number of carbonyl (C=O) groups excluding carboxylic acids is 1. The van der Waals surface area contributed by atoms with Gasteiger partial charge >= 0.3 is 0 Å². The van der Waals surface area contributed by atoms with Crippen LogP contribution in [0.1, 0.15) is 31.9 Å². The van der Waals surface area contributed by atoms with Crippen molar-refractivity contribution < 1.29 is 9.53 Å². The number of nitrogens with one attached hydrogen (secondary N) is 1. The van der Waals surface area contributed by atoms with Crippen molar-refractivity contribution in [2.75, 3.05) is 17.3 Å². The van der Waals surface area contributed by atoms with E-state index in [2.05, 4.69) is 12.2 Å². The fraction of sp³-hybridized carbons (Fsp3) is 0.316. The third-order valence-corrected chi connectivity index (χ3v) is 4.65. The Balaban J connectivity index is 1.94. The molecule has 3 rings (SSSR count). The second-order valence-electron chi connectivity index (χ2n) is 6.10. The van der Waals surface area contributed by atoms with Gasteiger partial charge in [0, 0.05) is 29.4 Å². The summed E-state index contributed by atoms with van der Waals surface area (Å²) >= 11 is 6.20. The summed E-state index contributed by atoms with van der Waals surface area (Å²) in [6.07, 6.45) is 0.818. The molecule has 2 aromatic carbocycles. The van der Waals surface area contributed by atoms with Crippen LogP contribution >= 0.6 is 11.6 Å². The van der Waals surface area contributed by atoms with E-state index in [4.69, 9.17) is 16.3 Å². The van der Waals surface area contributed by atoms with Gasteiger partial charge in [-0.05, 0) is 61.4 Å². The largest absolute Gasteiger partial charge is 0.497 e. The fourth-order valence-electron chi connectivity index (χ4n) is 3.34. The van der Waals surface area contributed by atoms with Gasteiger partial charge in [0.1, 0.15) is 5.75 Å². The molecule has 0 aromatic heterocycles. The second kappa shape index (κ2) is 6.73. The molecular weight excluding hydrogens is 324 g/mol. The highest BCUT2D eigenvalue weighted by Crippen LogP contribution is 2.40. The Kier molecular flexibility index (Phi) is 4.67. The van der Waals surface area contributed by atoms with Crippen LogP contribution in [-0.2, 0) is 4.79 Å². The number of rotatable bonds is 3. The molecule has 1 aliphatic rings. The summed E-state index contributed by atoms with van der Waals surface area (Å²) in [5, 5.41) is 4.23. The zero-order chi connectivity index (χ0) is 17.3. The number of benzene rings is 2. The number of hydrogen-bond donors (Lipinski definition) is 1. The Morgan fingerprint density at radius 2 is 1.96 bits per heavy atom. The lowest BCUT2D eigenvalue weighted by atomic mass is 9.91. The molecule has 1 heterocycles. The number of anilines is 2. The summed E-state index contributed by atoms with van der Waals surface area (Å²) < 4.78 is 5.20. The Labute approximate surface area is 147 Å². The van der Waals surface area contributed by atoms with Crippen LogP contribution in [0.25, 0.3) is 0 Å². The summed E-state index contributed by atoms with van der Waals surface area (Å²) in [7, 11) is 1.65. The van der Waals surface area contributed by atoms with Gasteiger partial charge in [-0.2, -0.15) is 0 Å². The van der Waals surface area contributed by atoms with Crippen LogP contribution in [0.5, 0.6) is 5.75 Å². The number of carbonyl (C=O) groups is 1. The molecule has 4 nitrogen and oxygen atoms in total. The molecule has 2 unspecified atom stereocenters. The SMILES string of the molecule is COc1ccc(NC2CC(C)N(C(C)=O)c3ccc(Cl)cc32)cc1. The number of fused-ring (bicyclic) bond motifs is 1. The smallest absolute Gasteiger partial charge is 0.224 e. The molecule has 0 saturated heterocycles. The van der Waals surface area contributed by atoms with Crippen LogP contribution in [0, 0.1) is 0 Å². The molecule has 2 atom stereocenters. The van der Waals surface area contributed by atoms with Crippen LogP contribution in [0.4, 0.5) is 11.4 Å². The minimum atomic E-state index is 0.0500. The van der Waals surface area contributed by atoms with E-state index in [1.165, 1.54) is 0 Å². The van der Waals surface area contributed by atoms with Crippen molar-refractivity contribution in [3.05, 3.63) is 53.1 Å². The summed E-state index contributed by atoms with van der Waals surface area (Å²) in [4.78, 5) is 13.9. The van der Waals surface area contributed by atoms with Crippen molar-refractivity contribution >= 4 is 28.9 Å². The normalized spacial score (nSPS) is 19.6. The quantitative estimate of drug-likeness (QED) is 0.881. The minimum Gasteiger partial charge on any atom is -0.497 e. The molecular formula is C19H21ClN2O2. The fourth-order valence-corrected chi connectivity index (χ4v) is 3.52. The van der Waals surface area contributed by atoms with Gasteiger partial charge in [-0.3, -0.25) is 4.79 Å². The standard InChI is InChI=1S/C19H21ClN2O2/c1-12-10-18(21-15-5-7-16(24-3)8-6-15)17-11-14(20)4-9-19(17)22(12)13(2)23/h4-9,11-12,18,21H,10H2,1-3H3. The Hall–Kier alpha value is -2.20. The molecule has 1 amide bonds. The number of methoxy groups -OCH3 is 1. The Morgan fingerprint density at radius 3 is 2.58 bits per heavy atom. The molecule has 0 fully saturated rings. The number of ether oxygens (including phenoxy) is 1. The number of hydrogen-bond acceptors (Lipinski definition) is 3. The molecule has 0 aliphatic carbocycles.